The zero-order valence-electron chi connectivity index (χ0n) is 9.05. The van der Waals surface area contributed by atoms with Gasteiger partial charge in [0.1, 0.15) is 11.5 Å². The monoisotopic (exact) mass is 229 g/mol. The summed E-state index contributed by atoms with van der Waals surface area (Å²) >= 11 is 0. The molecule has 1 aromatic heterocycles. The van der Waals surface area contributed by atoms with Crippen molar-refractivity contribution in [2.75, 3.05) is 5.73 Å². The molecular formula is C13H11NO3. The Balaban J connectivity index is 1.99. The summed E-state index contributed by atoms with van der Waals surface area (Å²) < 4.78 is 11.0. The summed E-state index contributed by atoms with van der Waals surface area (Å²) in [6, 6.07) is 8.67. The predicted octanol–water partition coefficient (Wildman–Crippen LogP) is 2.57. The van der Waals surface area contributed by atoms with Crippen LogP contribution < -0.4 is 10.5 Å². The highest BCUT2D eigenvalue weighted by Gasteiger charge is 2.29. The first-order valence-electron chi connectivity index (χ1n) is 5.37. The van der Waals surface area contributed by atoms with Crippen LogP contribution in [-0.4, -0.2) is 5.78 Å². The molecule has 1 aromatic carbocycles. The van der Waals surface area contributed by atoms with Gasteiger partial charge in [0, 0.05) is 5.69 Å². The average molecular weight is 229 g/mol. The Hall–Kier alpha value is -2.23. The Morgan fingerprint density at radius 1 is 1.29 bits per heavy atom. The molecule has 4 heteroatoms. The van der Waals surface area contributed by atoms with E-state index in [4.69, 9.17) is 14.9 Å². The molecule has 0 amide bonds. The summed E-state index contributed by atoms with van der Waals surface area (Å²) in [6.45, 7) is 0. The fraction of sp³-hybridized carbons (Fsp3) is 0.154. The maximum absolute atomic E-state index is 12.0. The second-order valence-electron chi connectivity index (χ2n) is 4.00. The first-order valence-corrected chi connectivity index (χ1v) is 5.37. The first kappa shape index (κ1) is 9.96. The number of fused-ring (bicyclic) bond motifs is 1. The Morgan fingerprint density at radius 2 is 2.18 bits per heavy atom. The summed E-state index contributed by atoms with van der Waals surface area (Å²) in [5.74, 6) is 1.26. The number of nitrogens with two attached hydrogens (primary N) is 1. The quantitative estimate of drug-likeness (QED) is 0.763. The van der Waals surface area contributed by atoms with E-state index in [0.717, 1.165) is 0 Å². The van der Waals surface area contributed by atoms with Gasteiger partial charge in [-0.25, -0.2) is 0 Å². The standard InChI is InChI=1S/C13H11NO3/c14-8-3-4-11-9(6-8)10(15)7-13(17-11)12-2-1-5-16-12/h1-6,13H,7,14H2. The largest absolute Gasteiger partial charge is 0.481 e. The number of hydrogen-bond donors (Lipinski definition) is 1. The van der Waals surface area contributed by atoms with Crippen LogP contribution in [0.15, 0.2) is 41.0 Å². The van der Waals surface area contributed by atoms with Gasteiger partial charge in [-0.05, 0) is 30.3 Å². The summed E-state index contributed by atoms with van der Waals surface area (Å²) in [7, 11) is 0. The van der Waals surface area contributed by atoms with Crippen LogP contribution in [0.25, 0.3) is 0 Å². The van der Waals surface area contributed by atoms with Crippen molar-refractivity contribution >= 4 is 11.5 Å². The van der Waals surface area contributed by atoms with Crippen LogP contribution in [0, 0.1) is 0 Å². The van der Waals surface area contributed by atoms with Crippen LogP contribution in [0.1, 0.15) is 28.6 Å². The lowest BCUT2D eigenvalue weighted by atomic mass is 9.99. The van der Waals surface area contributed by atoms with Gasteiger partial charge in [-0.2, -0.15) is 0 Å². The van der Waals surface area contributed by atoms with Gasteiger partial charge < -0.3 is 14.9 Å². The van der Waals surface area contributed by atoms with Gasteiger partial charge in [0.15, 0.2) is 11.9 Å². The summed E-state index contributed by atoms with van der Waals surface area (Å²) in [6.07, 6.45) is 1.51. The molecule has 1 aliphatic rings. The number of carbonyl (C=O) groups excluding carboxylic acids is 1. The van der Waals surface area contributed by atoms with E-state index in [1.54, 1.807) is 36.6 Å². The van der Waals surface area contributed by atoms with Crippen LogP contribution >= 0.6 is 0 Å². The number of nitrogen functional groups attached to an aromatic ring is 1. The zero-order valence-corrected chi connectivity index (χ0v) is 9.05. The van der Waals surface area contributed by atoms with Gasteiger partial charge in [-0.3, -0.25) is 4.79 Å². The third-order valence-electron chi connectivity index (χ3n) is 2.80. The van der Waals surface area contributed by atoms with E-state index >= 15 is 0 Å². The molecular weight excluding hydrogens is 218 g/mol. The van der Waals surface area contributed by atoms with E-state index in [0.29, 0.717) is 22.8 Å². The number of Topliss-reactive ketones (excluding diaryl/α,β-unsaturated/α-hetero) is 1. The van der Waals surface area contributed by atoms with Gasteiger partial charge in [-0.1, -0.05) is 0 Å². The second kappa shape index (κ2) is 3.66. The number of hydrogen-bond acceptors (Lipinski definition) is 4. The number of benzene rings is 1. The van der Waals surface area contributed by atoms with Crippen molar-refractivity contribution < 1.29 is 13.9 Å². The van der Waals surface area contributed by atoms with E-state index < -0.39 is 0 Å². The molecule has 1 atom stereocenters. The summed E-state index contributed by atoms with van der Waals surface area (Å²) in [5.41, 5.74) is 6.76. The predicted molar refractivity (Wildman–Crippen MR) is 61.9 cm³/mol. The molecule has 17 heavy (non-hydrogen) atoms. The molecule has 0 saturated heterocycles. The number of ether oxygens (including phenoxy) is 1. The smallest absolute Gasteiger partial charge is 0.170 e. The van der Waals surface area contributed by atoms with E-state index in [-0.39, 0.29) is 18.3 Å². The molecule has 0 radical (unpaired) electrons. The molecule has 1 aliphatic heterocycles. The third-order valence-corrected chi connectivity index (χ3v) is 2.80. The molecule has 3 rings (SSSR count). The Morgan fingerprint density at radius 3 is 2.94 bits per heavy atom. The maximum atomic E-state index is 12.0. The van der Waals surface area contributed by atoms with E-state index in [1.165, 1.54) is 0 Å². The fourth-order valence-electron chi connectivity index (χ4n) is 1.97. The Kier molecular flexibility index (Phi) is 2.14. The van der Waals surface area contributed by atoms with E-state index in [1.807, 2.05) is 0 Å². The molecule has 0 spiro atoms. The SMILES string of the molecule is Nc1ccc2c(c1)C(=O)CC(c1ccco1)O2. The molecule has 86 valence electrons. The van der Waals surface area contributed by atoms with Crippen LogP contribution in [0.4, 0.5) is 5.69 Å². The summed E-state index contributed by atoms with van der Waals surface area (Å²) in [4.78, 5) is 12.0. The van der Waals surface area contributed by atoms with Gasteiger partial charge in [0.25, 0.3) is 0 Å². The molecule has 2 heterocycles. The number of rotatable bonds is 1. The zero-order chi connectivity index (χ0) is 11.8. The van der Waals surface area contributed by atoms with Crippen molar-refractivity contribution in [3.8, 4) is 5.75 Å². The normalized spacial score (nSPS) is 18.6. The third kappa shape index (κ3) is 1.67. The van der Waals surface area contributed by atoms with Crippen molar-refractivity contribution in [3.05, 3.63) is 47.9 Å². The van der Waals surface area contributed by atoms with Crippen LogP contribution in [0.3, 0.4) is 0 Å². The molecule has 0 saturated carbocycles. The minimum atomic E-state index is -0.339. The summed E-state index contributed by atoms with van der Waals surface area (Å²) in [5, 5.41) is 0. The Bertz CT molecular complexity index is 560. The highest BCUT2D eigenvalue weighted by Crippen LogP contribution is 2.35. The van der Waals surface area contributed by atoms with Gasteiger partial charge in [-0.15, -0.1) is 0 Å². The maximum Gasteiger partial charge on any atom is 0.170 e. The first-order chi connectivity index (χ1) is 8.24. The van der Waals surface area contributed by atoms with Gasteiger partial charge in [0.2, 0.25) is 0 Å². The highest BCUT2D eigenvalue weighted by molar-refractivity contribution is 6.00. The molecule has 4 nitrogen and oxygen atoms in total. The Labute approximate surface area is 98.0 Å². The van der Waals surface area contributed by atoms with Crippen LogP contribution in [-0.2, 0) is 0 Å². The van der Waals surface area contributed by atoms with Gasteiger partial charge >= 0.3 is 0 Å². The van der Waals surface area contributed by atoms with E-state index in [9.17, 15) is 4.79 Å². The lowest BCUT2D eigenvalue weighted by molar-refractivity contribution is 0.0817. The average Bonchev–Trinajstić information content (AvgIpc) is 2.83. The number of anilines is 1. The molecule has 0 fully saturated rings. The van der Waals surface area contributed by atoms with Gasteiger partial charge in [0.05, 0.1) is 18.2 Å². The van der Waals surface area contributed by atoms with Crippen molar-refractivity contribution in [1.82, 2.24) is 0 Å². The molecule has 2 aromatic rings. The second-order valence-corrected chi connectivity index (χ2v) is 4.00. The van der Waals surface area contributed by atoms with Crippen molar-refractivity contribution in [2.24, 2.45) is 0 Å². The highest BCUT2D eigenvalue weighted by atomic mass is 16.5. The molecule has 0 bridgehead atoms. The molecule has 1 unspecified atom stereocenters. The van der Waals surface area contributed by atoms with E-state index in [2.05, 4.69) is 0 Å². The fourth-order valence-corrected chi connectivity index (χ4v) is 1.97. The lowest BCUT2D eigenvalue weighted by Crippen LogP contribution is -2.20. The number of furan rings is 1. The van der Waals surface area contributed by atoms with Crippen LogP contribution in [0.2, 0.25) is 0 Å². The molecule has 2 N–H and O–H groups in total. The van der Waals surface area contributed by atoms with Crippen molar-refractivity contribution in [1.29, 1.82) is 0 Å². The lowest BCUT2D eigenvalue weighted by Gasteiger charge is -2.23. The van der Waals surface area contributed by atoms with Crippen molar-refractivity contribution in [2.45, 2.75) is 12.5 Å². The van der Waals surface area contributed by atoms with Crippen molar-refractivity contribution in [3.63, 3.8) is 0 Å². The minimum Gasteiger partial charge on any atom is -0.481 e. The van der Waals surface area contributed by atoms with Crippen LogP contribution in [0.5, 0.6) is 5.75 Å². The number of carbonyl (C=O) groups is 1. The minimum absolute atomic E-state index is 0.0277. The molecule has 0 aliphatic carbocycles. The topological polar surface area (TPSA) is 65.5 Å². The number of ketones is 1.